The molecule has 0 fully saturated rings. The quantitative estimate of drug-likeness (QED) is 0.750. The molecule has 1 atom stereocenters. The Morgan fingerprint density at radius 2 is 1.76 bits per heavy atom. The Bertz CT molecular complexity index is 459. The summed E-state index contributed by atoms with van der Waals surface area (Å²) in [4.78, 5) is 11.7. The van der Waals surface area contributed by atoms with Crippen molar-refractivity contribution in [2.45, 2.75) is 13.0 Å². The molecule has 0 N–H and O–H groups in total. The van der Waals surface area contributed by atoms with Gasteiger partial charge in [0.25, 0.3) is 0 Å². The van der Waals surface area contributed by atoms with E-state index in [2.05, 4.69) is 0 Å². The molecule has 90 valence electrons. The number of ether oxygens (including phenoxy) is 3. The van der Waals surface area contributed by atoms with E-state index in [0.29, 0.717) is 11.3 Å². The van der Waals surface area contributed by atoms with Crippen LogP contribution in [0.15, 0.2) is 30.0 Å². The van der Waals surface area contributed by atoms with Crippen molar-refractivity contribution in [2.24, 2.45) is 0 Å². The van der Waals surface area contributed by atoms with Crippen molar-refractivity contribution in [3.8, 4) is 5.75 Å². The van der Waals surface area contributed by atoms with Gasteiger partial charge in [0.1, 0.15) is 11.3 Å². The van der Waals surface area contributed by atoms with Crippen molar-refractivity contribution in [1.29, 1.82) is 0 Å². The number of cyclic esters (lactones) is 1. The van der Waals surface area contributed by atoms with Gasteiger partial charge in [0.15, 0.2) is 11.9 Å². The Balaban J connectivity index is 2.43. The van der Waals surface area contributed by atoms with Crippen molar-refractivity contribution in [3.63, 3.8) is 0 Å². The Hall–Kier alpha value is -1.97. The second-order valence-electron chi connectivity index (χ2n) is 3.72. The molecule has 0 bridgehead atoms. The van der Waals surface area contributed by atoms with Crippen molar-refractivity contribution < 1.29 is 19.0 Å². The van der Waals surface area contributed by atoms with Gasteiger partial charge in [-0.05, 0) is 24.6 Å². The monoisotopic (exact) mass is 234 g/mol. The lowest BCUT2D eigenvalue weighted by molar-refractivity contribution is -0.137. The minimum atomic E-state index is -0.348. The molecule has 0 aliphatic carbocycles. The average Bonchev–Trinajstić information content (AvgIpc) is 2.63. The Labute approximate surface area is 99.8 Å². The lowest BCUT2D eigenvalue weighted by Crippen LogP contribution is -2.06. The van der Waals surface area contributed by atoms with E-state index in [-0.39, 0.29) is 12.1 Å². The van der Waals surface area contributed by atoms with Gasteiger partial charge in [0.05, 0.1) is 14.2 Å². The highest BCUT2D eigenvalue weighted by Gasteiger charge is 2.33. The number of carbonyl (C=O) groups is 1. The number of esters is 1. The van der Waals surface area contributed by atoms with Crippen molar-refractivity contribution in [2.75, 3.05) is 14.2 Å². The van der Waals surface area contributed by atoms with Gasteiger partial charge in [0.2, 0.25) is 0 Å². The number of benzene rings is 1. The number of rotatable bonds is 3. The summed E-state index contributed by atoms with van der Waals surface area (Å²) in [5.41, 5.74) is 1.26. The largest absolute Gasteiger partial charge is 0.497 e. The van der Waals surface area contributed by atoms with Crippen LogP contribution in [0.25, 0.3) is 5.57 Å². The van der Waals surface area contributed by atoms with Crippen LogP contribution in [0.2, 0.25) is 0 Å². The topological polar surface area (TPSA) is 44.8 Å². The molecule has 0 saturated heterocycles. The third-order valence-electron chi connectivity index (χ3n) is 2.70. The van der Waals surface area contributed by atoms with E-state index < -0.39 is 0 Å². The van der Waals surface area contributed by atoms with Gasteiger partial charge >= 0.3 is 5.97 Å². The molecule has 2 rings (SSSR count). The van der Waals surface area contributed by atoms with Crippen LogP contribution in [0.4, 0.5) is 0 Å². The maximum absolute atomic E-state index is 11.7. The van der Waals surface area contributed by atoms with Gasteiger partial charge < -0.3 is 14.2 Å². The molecule has 0 saturated carbocycles. The van der Waals surface area contributed by atoms with Crippen LogP contribution in [0.1, 0.15) is 12.5 Å². The van der Waals surface area contributed by atoms with Crippen LogP contribution < -0.4 is 4.74 Å². The molecule has 1 aromatic carbocycles. The lowest BCUT2D eigenvalue weighted by atomic mass is 10.0. The number of hydrogen-bond donors (Lipinski definition) is 0. The summed E-state index contributed by atoms with van der Waals surface area (Å²) >= 11 is 0. The fourth-order valence-corrected chi connectivity index (χ4v) is 1.86. The summed E-state index contributed by atoms with van der Waals surface area (Å²) in [6.45, 7) is 1.78. The predicted octanol–water partition coefficient (Wildman–Crippen LogP) is 2.00. The average molecular weight is 234 g/mol. The molecule has 0 amide bonds. The molecule has 4 heteroatoms. The summed E-state index contributed by atoms with van der Waals surface area (Å²) in [5, 5.41) is 0. The molecule has 1 aromatic rings. The Morgan fingerprint density at radius 3 is 2.29 bits per heavy atom. The number of carbonyl (C=O) groups excluding carboxylic acids is 1. The maximum atomic E-state index is 11.7. The van der Waals surface area contributed by atoms with Crippen LogP contribution in [0.3, 0.4) is 0 Å². The number of hydrogen-bond acceptors (Lipinski definition) is 4. The van der Waals surface area contributed by atoms with Gasteiger partial charge in [0, 0.05) is 0 Å². The highest BCUT2D eigenvalue weighted by atomic mass is 16.6. The van der Waals surface area contributed by atoms with Gasteiger partial charge in [-0.3, -0.25) is 0 Å². The first kappa shape index (κ1) is 11.5. The second kappa shape index (κ2) is 4.49. The molecule has 17 heavy (non-hydrogen) atoms. The van der Waals surface area contributed by atoms with E-state index >= 15 is 0 Å². The van der Waals surface area contributed by atoms with E-state index in [9.17, 15) is 4.79 Å². The summed E-state index contributed by atoms with van der Waals surface area (Å²) in [6.07, 6.45) is -0.329. The van der Waals surface area contributed by atoms with Crippen molar-refractivity contribution in [1.82, 2.24) is 0 Å². The molecule has 1 aliphatic heterocycles. The van der Waals surface area contributed by atoms with Crippen LogP contribution in [-0.2, 0) is 14.3 Å². The standard InChI is InChI=1S/C13H14O4/c1-8-12(16-3)11(13(14)17-8)9-4-6-10(15-2)7-5-9/h4-8H,1-3H3. The second-order valence-corrected chi connectivity index (χ2v) is 3.72. The Morgan fingerprint density at radius 1 is 1.12 bits per heavy atom. The number of methoxy groups -OCH3 is 2. The van der Waals surface area contributed by atoms with Gasteiger partial charge in [-0.25, -0.2) is 4.79 Å². The fraction of sp³-hybridized carbons (Fsp3) is 0.308. The van der Waals surface area contributed by atoms with Crippen molar-refractivity contribution >= 4 is 11.5 Å². The molecule has 0 aromatic heterocycles. The van der Waals surface area contributed by atoms with E-state index in [1.807, 2.05) is 12.1 Å². The van der Waals surface area contributed by atoms with E-state index in [0.717, 1.165) is 11.3 Å². The van der Waals surface area contributed by atoms with E-state index in [1.165, 1.54) is 7.11 Å². The molecule has 4 nitrogen and oxygen atoms in total. The molecule has 0 spiro atoms. The van der Waals surface area contributed by atoms with E-state index in [4.69, 9.17) is 14.2 Å². The maximum Gasteiger partial charge on any atom is 0.343 e. The third-order valence-corrected chi connectivity index (χ3v) is 2.70. The molecular weight excluding hydrogens is 220 g/mol. The molecule has 1 unspecified atom stereocenters. The van der Waals surface area contributed by atoms with Crippen molar-refractivity contribution in [3.05, 3.63) is 35.6 Å². The SMILES string of the molecule is COC1=C(c2ccc(OC)cc2)C(=O)OC1C. The highest BCUT2D eigenvalue weighted by molar-refractivity contribution is 6.19. The molecule has 0 radical (unpaired) electrons. The fourth-order valence-electron chi connectivity index (χ4n) is 1.86. The third kappa shape index (κ3) is 1.98. The molecular formula is C13H14O4. The summed E-state index contributed by atoms with van der Waals surface area (Å²) in [5.74, 6) is 0.965. The summed E-state index contributed by atoms with van der Waals surface area (Å²) in [6, 6.07) is 7.22. The predicted molar refractivity (Wildman–Crippen MR) is 62.5 cm³/mol. The van der Waals surface area contributed by atoms with Gasteiger partial charge in [-0.1, -0.05) is 12.1 Å². The zero-order valence-corrected chi connectivity index (χ0v) is 10.0. The minimum Gasteiger partial charge on any atom is -0.497 e. The highest BCUT2D eigenvalue weighted by Crippen LogP contribution is 2.31. The first-order chi connectivity index (χ1) is 8.17. The lowest BCUT2D eigenvalue weighted by Gasteiger charge is -2.06. The molecule has 1 aliphatic rings. The zero-order chi connectivity index (χ0) is 12.4. The zero-order valence-electron chi connectivity index (χ0n) is 10.0. The van der Waals surface area contributed by atoms with Gasteiger partial charge in [-0.2, -0.15) is 0 Å². The first-order valence-corrected chi connectivity index (χ1v) is 5.31. The Kier molecular flexibility index (Phi) is 3.04. The summed E-state index contributed by atoms with van der Waals surface area (Å²) < 4.78 is 15.4. The minimum absolute atomic E-state index is 0.329. The van der Waals surface area contributed by atoms with Crippen LogP contribution >= 0.6 is 0 Å². The van der Waals surface area contributed by atoms with Gasteiger partial charge in [-0.15, -0.1) is 0 Å². The summed E-state index contributed by atoms with van der Waals surface area (Å²) in [7, 11) is 3.14. The van der Waals surface area contributed by atoms with Crippen LogP contribution in [0, 0.1) is 0 Å². The van der Waals surface area contributed by atoms with E-state index in [1.54, 1.807) is 26.2 Å². The smallest absolute Gasteiger partial charge is 0.343 e. The first-order valence-electron chi connectivity index (χ1n) is 5.31. The normalized spacial score (nSPS) is 19.2. The van der Waals surface area contributed by atoms with Crippen LogP contribution in [0.5, 0.6) is 5.75 Å². The molecule has 1 heterocycles. The van der Waals surface area contributed by atoms with Crippen LogP contribution in [-0.4, -0.2) is 26.3 Å².